The highest BCUT2D eigenvalue weighted by Crippen LogP contribution is 2.50. The Bertz CT molecular complexity index is 210. The first-order valence-corrected chi connectivity index (χ1v) is 5.63. The maximum absolute atomic E-state index is 10.5. The number of hydrogen-bond acceptors (Lipinski definition) is 2. The van der Waals surface area contributed by atoms with Crippen molar-refractivity contribution in [2.45, 2.75) is 56.2 Å². The summed E-state index contributed by atoms with van der Waals surface area (Å²) >= 11 is 0. The predicted octanol–water partition coefficient (Wildman–Crippen LogP) is 1.38. The molecule has 3 aliphatic rings. The molecule has 2 heteroatoms. The SMILES string of the molecule is CN1C2CCC1CC(O)(C1CC1)C2. The molecule has 0 aromatic rings. The van der Waals surface area contributed by atoms with E-state index in [1.807, 2.05) is 0 Å². The van der Waals surface area contributed by atoms with Gasteiger partial charge in [0.2, 0.25) is 0 Å². The van der Waals surface area contributed by atoms with Crippen LogP contribution in [-0.4, -0.2) is 34.7 Å². The number of piperidine rings is 1. The van der Waals surface area contributed by atoms with E-state index in [2.05, 4.69) is 11.9 Å². The molecule has 0 radical (unpaired) electrons. The van der Waals surface area contributed by atoms with Crippen molar-refractivity contribution in [3.8, 4) is 0 Å². The fourth-order valence-corrected chi connectivity index (χ4v) is 3.44. The van der Waals surface area contributed by atoms with Crippen LogP contribution in [0.1, 0.15) is 38.5 Å². The van der Waals surface area contributed by atoms with Crippen molar-refractivity contribution in [1.82, 2.24) is 4.90 Å². The second-order valence-corrected chi connectivity index (χ2v) is 5.34. The van der Waals surface area contributed by atoms with Crippen LogP contribution in [0.25, 0.3) is 0 Å². The van der Waals surface area contributed by atoms with E-state index in [-0.39, 0.29) is 5.60 Å². The van der Waals surface area contributed by atoms with E-state index in [4.69, 9.17) is 0 Å². The number of hydrogen-bond donors (Lipinski definition) is 1. The molecule has 1 aliphatic carbocycles. The molecule has 2 unspecified atom stereocenters. The second kappa shape index (κ2) is 2.48. The zero-order chi connectivity index (χ0) is 9.05. The summed E-state index contributed by atoms with van der Waals surface area (Å²) in [6.45, 7) is 0. The van der Waals surface area contributed by atoms with Crippen LogP contribution in [0, 0.1) is 5.92 Å². The van der Waals surface area contributed by atoms with Gasteiger partial charge in [-0.3, -0.25) is 0 Å². The van der Waals surface area contributed by atoms with Gasteiger partial charge in [0.15, 0.2) is 0 Å². The van der Waals surface area contributed by atoms with Gasteiger partial charge >= 0.3 is 0 Å². The van der Waals surface area contributed by atoms with Gasteiger partial charge in [0.1, 0.15) is 0 Å². The molecule has 74 valence electrons. The lowest BCUT2D eigenvalue weighted by Crippen LogP contribution is -2.50. The molecule has 0 spiro atoms. The molecule has 13 heavy (non-hydrogen) atoms. The topological polar surface area (TPSA) is 23.5 Å². The van der Waals surface area contributed by atoms with E-state index in [1.165, 1.54) is 25.7 Å². The lowest BCUT2D eigenvalue weighted by molar-refractivity contribution is -0.0605. The fraction of sp³-hybridized carbons (Fsp3) is 1.00. The number of aliphatic hydroxyl groups is 1. The standard InChI is InChI=1S/C11H19NO/c1-12-9-4-5-10(12)7-11(13,6-9)8-2-3-8/h8-10,13H,2-7H2,1H3. The van der Waals surface area contributed by atoms with Gasteiger partial charge in [0.05, 0.1) is 5.60 Å². The minimum absolute atomic E-state index is 0.266. The Morgan fingerprint density at radius 1 is 1.08 bits per heavy atom. The van der Waals surface area contributed by atoms with Gasteiger partial charge in [0, 0.05) is 12.1 Å². The van der Waals surface area contributed by atoms with Crippen molar-refractivity contribution >= 4 is 0 Å². The number of fused-ring (bicyclic) bond motifs is 2. The maximum atomic E-state index is 10.5. The first-order valence-electron chi connectivity index (χ1n) is 5.63. The molecular weight excluding hydrogens is 162 g/mol. The molecule has 3 fully saturated rings. The highest BCUT2D eigenvalue weighted by Gasteiger charge is 2.52. The highest BCUT2D eigenvalue weighted by atomic mass is 16.3. The van der Waals surface area contributed by atoms with Gasteiger partial charge in [-0.05, 0) is 51.5 Å². The Morgan fingerprint density at radius 2 is 1.62 bits per heavy atom. The third-order valence-electron chi connectivity index (χ3n) is 4.50. The first-order chi connectivity index (χ1) is 6.19. The summed E-state index contributed by atoms with van der Waals surface area (Å²) < 4.78 is 0. The highest BCUT2D eigenvalue weighted by molar-refractivity contribution is 5.06. The molecule has 2 heterocycles. The summed E-state index contributed by atoms with van der Waals surface area (Å²) in [7, 11) is 2.23. The molecule has 1 saturated carbocycles. The molecule has 2 atom stereocenters. The van der Waals surface area contributed by atoms with E-state index in [0.29, 0.717) is 18.0 Å². The first kappa shape index (κ1) is 8.25. The van der Waals surface area contributed by atoms with Gasteiger partial charge in [-0.15, -0.1) is 0 Å². The normalized spacial score (nSPS) is 51.2. The Kier molecular flexibility index (Phi) is 1.58. The molecule has 3 rings (SSSR count). The third-order valence-corrected chi connectivity index (χ3v) is 4.50. The Labute approximate surface area is 79.9 Å². The van der Waals surface area contributed by atoms with Crippen LogP contribution in [0.3, 0.4) is 0 Å². The molecule has 2 bridgehead atoms. The van der Waals surface area contributed by atoms with E-state index < -0.39 is 0 Å². The van der Waals surface area contributed by atoms with Crippen LogP contribution in [0.5, 0.6) is 0 Å². The van der Waals surface area contributed by atoms with Crippen LogP contribution < -0.4 is 0 Å². The molecule has 2 aliphatic heterocycles. The van der Waals surface area contributed by atoms with Crippen LogP contribution in [0.15, 0.2) is 0 Å². The van der Waals surface area contributed by atoms with E-state index in [1.54, 1.807) is 0 Å². The van der Waals surface area contributed by atoms with E-state index in [0.717, 1.165) is 12.8 Å². The summed E-state index contributed by atoms with van der Waals surface area (Å²) in [4.78, 5) is 2.50. The largest absolute Gasteiger partial charge is 0.389 e. The van der Waals surface area contributed by atoms with E-state index in [9.17, 15) is 5.11 Å². The average molecular weight is 181 g/mol. The van der Waals surface area contributed by atoms with Gasteiger partial charge in [-0.2, -0.15) is 0 Å². The van der Waals surface area contributed by atoms with Crippen LogP contribution in [0.4, 0.5) is 0 Å². The summed E-state index contributed by atoms with van der Waals surface area (Å²) in [5, 5.41) is 10.5. The Hall–Kier alpha value is -0.0800. The Balaban J connectivity index is 1.81. The number of rotatable bonds is 1. The number of nitrogens with zero attached hydrogens (tertiary/aromatic N) is 1. The fourth-order valence-electron chi connectivity index (χ4n) is 3.44. The van der Waals surface area contributed by atoms with Gasteiger partial charge in [0.25, 0.3) is 0 Å². The summed E-state index contributed by atoms with van der Waals surface area (Å²) in [5.74, 6) is 0.657. The van der Waals surface area contributed by atoms with Gasteiger partial charge < -0.3 is 10.0 Å². The third kappa shape index (κ3) is 1.15. The molecule has 2 saturated heterocycles. The minimum atomic E-state index is -0.266. The van der Waals surface area contributed by atoms with Gasteiger partial charge in [-0.1, -0.05) is 0 Å². The van der Waals surface area contributed by atoms with Crippen LogP contribution >= 0.6 is 0 Å². The smallest absolute Gasteiger partial charge is 0.0705 e. The van der Waals surface area contributed by atoms with Gasteiger partial charge in [-0.25, -0.2) is 0 Å². The Morgan fingerprint density at radius 3 is 2.08 bits per heavy atom. The maximum Gasteiger partial charge on any atom is 0.0705 e. The quantitative estimate of drug-likeness (QED) is 0.660. The van der Waals surface area contributed by atoms with Crippen molar-refractivity contribution in [3.63, 3.8) is 0 Å². The van der Waals surface area contributed by atoms with Crippen molar-refractivity contribution in [2.24, 2.45) is 5.92 Å². The molecular formula is C11H19NO. The molecule has 0 aromatic heterocycles. The minimum Gasteiger partial charge on any atom is -0.389 e. The molecule has 0 aromatic carbocycles. The lowest BCUT2D eigenvalue weighted by Gasteiger charge is -2.42. The molecule has 2 nitrogen and oxygen atoms in total. The van der Waals surface area contributed by atoms with Crippen LogP contribution in [0.2, 0.25) is 0 Å². The summed E-state index contributed by atoms with van der Waals surface area (Å²) in [6, 6.07) is 1.37. The molecule has 0 amide bonds. The summed E-state index contributed by atoms with van der Waals surface area (Å²) in [6.07, 6.45) is 7.28. The van der Waals surface area contributed by atoms with Crippen molar-refractivity contribution in [2.75, 3.05) is 7.05 Å². The van der Waals surface area contributed by atoms with Crippen LogP contribution in [-0.2, 0) is 0 Å². The predicted molar refractivity (Wildman–Crippen MR) is 51.5 cm³/mol. The second-order valence-electron chi connectivity index (χ2n) is 5.34. The van der Waals surface area contributed by atoms with Crippen molar-refractivity contribution in [3.05, 3.63) is 0 Å². The monoisotopic (exact) mass is 181 g/mol. The average Bonchev–Trinajstić information content (AvgIpc) is 2.85. The zero-order valence-corrected chi connectivity index (χ0v) is 8.37. The lowest BCUT2D eigenvalue weighted by atomic mass is 9.82. The van der Waals surface area contributed by atoms with E-state index >= 15 is 0 Å². The van der Waals surface area contributed by atoms with Crippen molar-refractivity contribution in [1.29, 1.82) is 0 Å². The van der Waals surface area contributed by atoms with Crippen molar-refractivity contribution < 1.29 is 5.11 Å². The zero-order valence-electron chi connectivity index (χ0n) is 8.37. The molecule has 1 N–H and O–H groups in total. The summed E-state index contributed by atoms with van der Waals surface area (Å²) in [5.41, 5.74) is -0.266.